The molecule has 0 aliphatic carbocycles. The number of likely N-dealkylation sites (N-methyl/N-ethyl adjacent to an activating group) is 1. The Morgan fingerprint density at radius 1 is 0.957 bits per heavy atom. The van der Waals surface area contributed by atoms with E-state index in [1.807, 2.05) is 15.6 Å². The van der Waals surface area contributed by atoms with Crippen molar-refractivity contribution in [2.24, 2.45) is 0 Å². The van der Waals surface area contributed by atoms with Gasteiger partial charge in [-0.15, -0.1) is 0 Å². The van der Waals surface area contributed by atoms with E-state index in [2.05, 4.69) is 92.9 Å². The van der Waals surface area contributed by atoms with Gasteiger partial charge in [-0.1, -0.05) is 24.8 Å². The van der Waals surface area contributed by atoms with E-state index in [-0.39, 0.29) is 11.9 Å². The molecule has 0 bridgehead atoms. The first-order valence-electron chi connectivity index (χ1n) is 16.1. The van der Waals surface area contributed by atoms with Crippen molar-refractivity contribution in [3.63, 3.8) is 0 Å². The first-order chi connectivity index (χ1) is 22.5. The van der Waals surface area contributed by atoms with Gasteiger partial charge in [0, 0.05) is 88.0 Å². The van der Waals surface area contributed by atoms with Crippen molar-refractivity contribution in [3.8, 4) is 34.1 Å². The predicted molar refractivity (Wildman–Crippen MR) is 179 cm³/mol. The highest BCUT2D eigenvalue weighted by Gasteiger charge is 2.40. The number of pyridine rings is 1. The van der Waals surface area contributed by atoms with E-state index in [0.29, 0.717) is 18.2 Å². The van der Waals surface area contributed by atoms with Crippen LogP contribution in [0.4, 0.5) is 11.4 Å². The molecule has 0 radical (unpaired) electrons. The summed E-state index contributed by atoms with van der Waals surface area (Å²) in [4.78, 5) is 23.5. The Morgan fingerprint density at radius 2 is 1.74 bits per heavy atom. The third-order valence-corrected chi connectivity index (χ3v) is 10.2. The number of piperazine rings is 2. The Kier molecular flexibility index (Phi) is 7.15. The zero-order valence-corrected chi connectivity index (χ0v) is 26.2. The molecule has 0 saturated carbocycles. The van der Waals surface area contributed by atoms with Gasteiger partial charge in [0.05, 0.1) is 29.0 Å². The molecule has 10 nitrogen and oxygen atoms in total. The Balaban J connectivity index is 1.06. The third kappa shape index (κ3) is 4.96. The average Bonchev–Trinajstić information content (AvgIpc) is 3.50. The topological polar surface area (TPSA) is 83.6 Å². The number of benzene rings is 2. The average molecular weight is 615 g/mol. The molecule has 4 aromatic rings. The van der Waals surface area contributed by atoms with Gasteiger partial charge < -0.3 is 24.3 Å². The molecular formula is C36H38N8O2. The highest BCUT2D eigenvalue weighted by Crippen LogP contribution is 2.41. The summed E-state index contributed by atoms with van der Waals surface area (Å²) in [7, 11) is 2.17. The number of amides is 1. The van der Waals surface area contributed by atoms with Gasteiger partial charge in [-0.25, -0.2) is 4.52 Å². The van der Waals surface area contributed by atoms with Crippen LogP contribution in [0.15, 0.2) is 73.6 Å². The van der Waals surface area contributed by atoms with Crippen LogP contribution in [0, 0.1) is 11.3 Å². The summed E-state index contributed by atoms with van der Waals surface area (Å²) in [5.41, 5.74) is 7.79. The zero-order chi connectivity index (χ0) is 31.4. The molecule has 8 rings (SSSR count). The Hall–Kier alpha value is -4.85. The van der Waals surface area contributed by atoms with Crippen molar-refractivity contribution < 1.29 is 9.53 Å². The number of rotatable bonds is 5. The third-order valence-electron chi connectivity index (χ3n) is 10.2. The van der Waals surface area contributed by atoms with Crippen LogP contribution in [0.1, 0.15) is 5.56 Å². The van der Waals surface area contributed by atoms with Gasteiger partial charge in [0.15, 0.2) is 0 Å². The lowest BCUT2D eigenvalue weighted by molar-refractivity contribution is -0.133. The number of carbonyl (C=O) groups excluding carboxylic acids is 1. The number of fused-ring (bicyclic) bond motifs is 4. The van der Waals surface area contributed by atoms with Crippen molar-refractivity contribution in [2.75, 3.05) is 82.4 Å². The molecule has 234 valence electrons. The van der Waals surface area contributed by atoms with Crippen molar-refractivity contribution in [3.05, 3.63) is 79.1 Å². The van der Waals surface area contributed by atoms with Crippen LogP contribution in [0.5, 0.6) is 5.75 Å². The van der Waals surface area contributed by atoms with Gasteiger partial charge in [0.1, 0.15) is 18.4 Å². The smallest absolute Gasteiger partial charge is 0.246 e. The summed E-state index contributed by atoms with van der Waals surface area (Å²) in [6.07, 6.45) is 5.06. The zero-order valence-electron chi connectivity index (χ0n) is 26.2. The quantitative estimate of drug-likeness (QED) is 0.316. The molecule has 0 unspecified atom stereocenters. The van der Waals surface area contributed by atoms with E-state index >= 15 is 0 Å². The second-order valence-electron chi connectivity index (χ2n) is 12.9. The maximum Gasteiger partial charge on any atom is 0.246 e. The standard InChI is InChI=1S/C36H38N8O2/c1-3-35(45)42-21-30(22-42)41-14-15-43-31(23-41)24-46-34-17-26(6-9-33(34)43)32-16-27(20-44-36(32)28(18-37)19-38-44)25-4-7-29(8-5-25)40-12-10-39(2)11-13-40/h3-9,16-17,19-20,30-31H,1,10-15,21-24H2,2H3/t31-/m1/s1. The van der Waals surface area contributed by atoms with E-state index in [9.17, 15) is 10.1 Å². The van der Waals surface area contributed by atoms with Gasteiger partial charge in [0.25, 0.3) is 0 Å². The summed E-state index contributed by atoms with van der Waals surface area (Å²) >= 11 is 0. The first-order valence-corrected chi connectivity index (χ1v) is 16.1. The Morgan fingerprint density at radius 3 is 2.50 bits per heavy atom. The SMILES string of the molecule is C=CC(=O)N1CC(N2CCN3c4ccc(-c5cc(-c6ccc(N7CCN(C)CC7)cc6)cn6ncc(C#N)c56)cc4OC[C@H]3C2)C1. The summed E-state index contributed by atoms with van der Waals surface area (Å²) in [6.45, 7) is 12.8. The van der Waals surface area contributed by atoms with Crippen LogP contribution in [0.25, 0.3) is 27.8 Å². The molecule has 0 N–H and O–H groups in total. The predicted octanol–water partition coefficient (Wildman–Crippen LogP) is 3.57. The number of nitriles is 1. The lowest BCUT2D eigenvalue weighted by Crippen LogP contribution is -2.67. The number of anilines is 2. The summed E-state index contributed by atoms with van der Waals surface area (Å²) in [5.74, 6) is 0.882. The van der Waals surface area contributed by atoms with Crippen LogP contribution in [-0.4, -0.2) is 115 Å². The normalized spacial score (nSPS) is 20.4. The van der Waals surface area contributed by atoms with Crippen molar-refractivity contribution >= 4 is 22.8 Å². The van der Waals surface area contributed by atoms with Gasteiger partial charge >= 0.3 is 0 Å². The molecule has 4 aliphatic rings. The molecule has 2 aromatic carbocycles. The Bertz CT molecular complexity index is 1850. The minimum absolute atomic E-state index is 0.0142. The van der Waals surface area contributed by atoms with Crippen molar-refractivity contribution in [1.29, 1.82) is 5.26 Å². The van der Waals surface area contributed by atoms with Gasteiger partial charge in [-0.05, 0) is 54.6 Å². The monoisotopic (exact) mass is 614 g/mol. The van der Waals surface area contributed by atoms with Crippen LogP contribution in [0.2, 0.25) is 0 Å². The number of hydrogen-bond acceptors (Lipinski definition) is 8. The highest BCUT2D eigenvalue weighted by atomic mass is 16.5. The summed E-state index contributed by atoms with van der Waals surface area (Å²) in [5, 5.41) is 14.5. The van der Waals surface area contributed by atoms with Crippen molar-refractivity contribution in [2.45, 2.75) is 12.1 Å². The van der Waals surface area contributed by atoms with E-state index in [0.717, 1.165) is 98.1 Å². The fraction of sp³-hybridized carbons (Fsp3) is 0.361. The molecule has 1 amide bonds. The van der Waals surface area contributed by atoms with Crippen LogP contribution >= 0.6 is 0 Å². The molecule has 46 heavy (non-hydrogen) atoms. The number of likely N-dealkylation sites (tertiary alicyclic amines) is 1. The second-order valence-corrected chi connectivity index (χ2v) is 12.9. The summed E-state index contributed by atoms with van der Waals surface area (Å²) < 4.78 is 8.24. The Labute approximate surface area is 269 Å². The fourth-order valence-electron chi connectivity index (χ4n) is 7.40. The van der Waals surface area contributed by atoms with Crippen LogP contribution in [0.3, 0.4) is 0 Å². The molecule has 3 saturated heterocycles. The summed E-state index contributed by atoms with van der Waals surface area (Å²) in [6, 6.07) is 20.4. The number of aromatic nitrogens is 2. The first kappa shape index (κ1) is 28.6. The number of hydrogen-bond donors (Lipinski definition) is 0. The van der Waals surface area contributed by atoms with Crippen LogP contribution < -0.4 is 14.5 Å². The van der Waals surface area contributed by atoms with Crippen LogP contribution in [-0.2, 0) is 4.79 Å². The number of ether oxygens (including phenoxy) is 1. The molecule has 2 aromatic heterocycles. The second kappa shape index (κ2) is 11.5. The highest BCUT2D eigenvalue weighted by molar-refractivity contribution is 5.89. The molecular weight excluding hydrogens is 576 g/mol. The van der Waals surface area contributed by atoms with E-state index in [4.69, 9.17) is 4.74 Å². The molecule has 0 spiro atoms. The minimum atomic E-state index is 0.0142. The van der Waals surface area contributed by atoms with E-state index in [1.54, 1.807) is 6.20 Å². The van der Waals surface area contributed by atoms with Gasteiger partial charge in [-0.3, -0.25) is 9.69 Å². The van der Waals surface area contributed by atoms with E-state index < -0.39 is 0 Å². The lowest BCUT2D eigenvalue weighted by Gasteiger charge is -2.51. The number of carbonyl (C=O) groups is 1. The minimum Gasteiger partial charge on any atom is -0.489 e. The molecule has 10 heteroatoms. The van der Waals surface area contributed by atoms with Crippen molar-refractivity contribution in [1.82, 2.24) is 24.3 Å². The number of nitrogens with zero attached hydrogens (tertiary/aromatic N) is 8. The van der Waals surface area contributed by atoms with Gasteiger partial charge in [-0.2, -0.15) is 10.4 Å². The molecule has 3 fully saturated rings. The fourth-order valence-corrected chi connectivity index (χ4v) is 7.40. The maximum atomic E-state index is 11.9. The van der Waals surface area contributed by atoms with E-state index in [1.165, 1.54) is 11.8 Å². The molecule has 4 aliphatic heterocycles. The maximum absolute atomic E-state index is 11.9. The molecule has 1 atom stereocenters. The largest absolute Gasteiger partial charge is 0.489 e. The lowest BCUT2D eigenvalue weighted by atomic mass is 9.97. The molecule has 6 heterocycles. The van der Waals surface area contributed by atoms with Gasteiger partial charge in [0.2, 0.25) is 5.91 Å².